The summed E-state index contributed by atoms with van der Waals surface area (Å²) in [5, 5.41) is 20.2. The number of amides is 2. The minimum atomic E-state index is -3.83. The molecule has 1 aromatic heterocycles. The molecule has 0 radical (unpaired) electrons. The minimum absolute atomic E-state index is 0.0831. The first-order valence-corrected chi connectivity index (χ1v) is 13.8. The first-order valence-electron chi connectivity index (χ1n) is 11.4. The van der Waals surface area contributed by atoms with Gasteiger partial charge < -0.3 is 9.88 Å². The smallest absolute Gasteiger partial charge is 0.340 e. The number of hydrogen-bond donors (Lipinski definition) is 2. The lowest BCUT2D eigenvalue weighted by Gasteiger charge is -2.42. The summed E-state index contributed by atoms with van der Waals surface area (Å²) in [5.74, 6) is 3.34. The molecular formula is C23H25N7O3S2. The number of piperazine rings is 1. The summed E-state index contributed by atoms with van der Waals surface area (Å²) in [6.07, 6.45) is 6.86. The molecule has 3 aliphatic heterocycles. The van der Waals surface area contributed by atoms with Gasteiger partial charge in [0.1, 0.15) is 10.1 Å². The highest BCUT2D eigenvalue weighted by Gasteiger charge is 2.39. The van der Waals surface area contributed by atoms with Crippen molar-refractivity contribution in [2.75, 3.05) is 32.1 Å². The van der Waals surface area contributed by atoms with Crippen molar-refractivity contribution in [2.45, 2.75) is 36.4 Å². The average Bonchev–Trinajstić information content (AvgIpc) is 3.53. The van der Waals surface area contributed by atoms with Gasteiger partial charge in [0.15, 0.2) is 0 Å². The molecule has 5 rings (SSSR count). The van der Waals surface area contributed by atoms with Crippen LogP contribution in [0.1, 0.15) is 24.8 Å². The van der Waals surface area contributed by atoms with Gasteiger partial charge in [0.2, 0.25) is 0 Å². The van der Waals surface area contributed by atoms with Gasteiger partial charge in [-0.05, 0) is 37.1 Å². The second kappa shape index (κ2) is 9.55. The van der Waals surface area contributed by atoms with E-state index in [1.54, 1.807) is 40.9 Å². The molecule has 10 nitrogen and oxygen atoms in total. The number of nitriles is 1. The highest BCUT2D eigenvalue weighted by Crippen LogP contribution is 2.28. The van der Waals surface area contributed by atoms with Crippen LogP contribution in [0.5, 0.6) is 0 Å². The van der Waals surface area contributed by atoms with Crippen LogP contribution in [0.4, 0.5) is 4.79 Å². The zero-order valence-corrected chi connectivity index (χ0v) is 20.6. The molecule has 2 unspecified atom stereocenters. The number of carbonyl (C=O) groups is 1. The number of terminal acetylenes is 1. The molecule has 0 spiro atoms. The number of nitrogens with one attached hydrogen (secondary N) is 2. The molecular weight excluding hydrogens is 486 g/mol. The van der Waals surface area contributed by atoms with Gasteiger partial charge in [-0.1, -0.05) is 17.7 Å². The Labute approximate surface area is 208 Å². The number of hydrazone groups is 1. The molecule has 2 fully saturated rings. The monoisotopic (exact) mass is 511 g/mol. The van der Waals surface area contributed by atoms with Gasteiger partial charge in [0.05, 0.1) is 12.1 Å². The summed E-state index contributed by atoms with van der Waals surface area (Å²) >= 11 is 1.60. The first kappa shape index (κ1) is 23.7. The van der Waals surface area contributed by atoms with Crippen molar-refractivity contribution in [3.8, 4) is 18.4 Å². The van der Waals surface area contributed by atoms with E-state index >= 15 is 0 Å². The third kappa shape index (κ3) is 4.50. The zero-order valence-electron chi connectivity index (χ0n) is 19.0. The fraction of sp³-hybridized carbons (Fsp3) is 0.435. The lowest BCUT2D eigenvalue weighted by molar-refractivity contribution is 0.0969. The number of H-pyrrole nitrogens is 1. The second-order valence-electron chi connectivity index (χ2n) is 8.67. The van der Waals surface area contributed by atoms with Gasteiger partial charge in [0.25, 0.3) is 10.0 Å². The zero-order chi connectivity index (χ0) is 24.6. The molecule has 182 valence electrons. The van der Waals surface area contributed by atoms with Crippen molar-refractivity contribution >= 4 is 43.8 Å². The van der Waals surface area contributed by atoms with Crippen molar-refractivity contribution in [3.63, 3.8) is 0 Å². The molecule has 0 aliphatic carbocycles. The lowest BCUT2D eigenvalue weighted by atomic mass is 10.1. The molecule has 2 amide bonds. The number of hydrogen-bond acceptors (Lipinski definition) is 7. The van der Waals surface area contributed by atoms with Crippen LogP contribution in [0.15, 0.2) is 34.4 Å². The molecule has 4 heterocycles. The van der Waals surface area contributed by atoms with Crippen LogP contribution in [-0.2, 0) is 10.0 Å². The largest absolute Gasteiger partial charge is 0.345 e. The summed E-state index contributed by atoms with van der Waals surface area (Å²) in [6.45, 7) is 1.00. The lowest BCUT2D eigenvalue weighted by Crippen LogP contribution is -2.59. The third-order valence-corrected chi connectivity index (χ3v) is 9.34. The Balaban J connectivity index is 1.36. The molecule has 2 atom stereocenters. The van der Waals surface area contributed by atoms with Crippen LogP contribution in [-0.4, -0.2) is 82.8 Å². The minimum Gasteiger partial charge on any atom is -0.345 e. The number of benzene rings is 1. The number of sulfonamides is 1. The molecule has 1 aromatic carbocycles. The average molecular weight is 512 g/mol. The van der Waals surface area contributed by atoms with Crippen LogP contribution in [0.25, 0.3) is 10.9 Å². The summed E-state index contributed by atoms with van der Waals surface area (Å²) in [7, 11) is -3.83. The first-order chi connectivity index (χ1) is 16.9. The Hall–Kier alpha value is -3.03. The predicted molar refractivity (Wildman–Crippen MR) is 134 cm³/mol. The maximum atomic E-state index is 13.5. The van der Waals surface area contributed by atoms with Crippen molar-refractivity contribution in [1.29, 1.82) is 5.26 Å². The predicted octanol–water partition coefficient (Wildman–Crippen LogP) is 1.93. The van der Waals surface area contributed by atoms with E-state index in [4.69, 9.17) is 11.7 Å². The van der Waals surface area contributed by atoms with Crippen molar-refractivity contribution in [1.82, 2.24) is 24.5 Å². The molecule has 2 saturated heterocycles. The SMILES string of the molecule is C#Cc1ccc2[nH]c(S(=O)(=O)N3CCN(C(=O)N4CCC5NCSC5=N4)C(CCC#N)C3)cc2c1. The van der Waals surface area contributed by atoms with E-state index in [1.165, 1.54) is 9.31 Å². The van der Waals surface area contributed by atoms with Gasteiger partial charge in [-0.3, -0.25) is 5.32 Å². The highest BCUT2D eigenvalue weighted by molar-refractivity contribution is 8.14. The van der Waals surface area contributed by atoms with Gasteiger partial charge >= 0.3 is 6.03 Å². The molecule has 0 saturated carbocycles. The fourth-order valence-electron chi connectivity index (χ4n) is 4.68. The molecule has 35 heavy (non-hydrogen) atoms. The van der Waals surface area contributed by atoms with E-state index in [2.05, 4.69) is 27.4 Å². The third-order valence-electron chi connectivity index (χ3n) is 6.58. The quantitative estimate of drug-likeness (QED) is 0.605. The van der Waals surface area contributed by atoms with E-state index in [0.717, 1.165) is 22.7 Å². The Morgan fingerprint density at radius 2 is 2.14 bits per heavy atom. The van der Waals surface area contributed by atoms with E-state index in [9.17, 15) is 13.2 Å². The Bertz CT molecular complexity index is 1370. The summed E-state index contributed by atoms with van der Waals surface area (Å²) < 4.78 is 28.3. The molecule has 3 aliphatic rings. The summed E-state index contributed by atoms with van der Waals surface area (Å²) in [4.78, 5) is 18.0. The highest BCUT2D eigenvalue weighted by atomic mass is 32.2. The normalized spacial score (nSPS) is 23.0. The molecule has 12 heteroatoms. The summed E-state index contributed by atoms with van der Waals surface area (Å²) in [6, 6.07) is 8.52. The molecule has 2 aromatic rings. The van der Waals surface area contributed by atoms with Crippen molar-refractivity contribution < 1.29 is 13.2 Å². The van der Waals surface area contributed by atoms with Gasteiger partial charge in [0, 0.05) is 61.0 Å². The molecule has 2 N–H and O–H groups in total. The molecule has 0 bridgehead atoms. The maximum Gasteiger partial charge on any atom is 0.340 e. The Kier molecular flexibility index (Phi) is 6.47. The van der Waals surface area contributed by atoms with E-state index in [0.29, 0.717) is 24.0 Å². The number of aromatic amines is 1. The standard InChI is InChI=1S/C23H25N7O3S2/c1-2-16-5-6-19-17(12-16)13-21(26-19)35(32,33)28-10-11-29(18(14-28)4-3-8-24)23(31)30-9-7-20-22(27-30)34-15-25-20/h1,5-6,12-13,18,20,25-26H,3-4,7,9-11,14-15H2. The van der Waals surface area contributed by atoms with Crippen LogP contribution >= 0.6 is 11.8 Å². The van der Waals surface area contributed by atoms with E-state index in [1.807, 2.05) is 0 Å². The van der Waals surface area contributed by atoms with Gasteiger partial charge in [-0.25, -0.2) is 18.2 Å². The number of urea groups is 1. The maximum absolute atomic E-state index is 13.5. The van der Waals surface area contributed by atoms with Crippen LogP contribution in [0, 0.1) is 23.7 Å². The fourth-order valence-corrected chi connectivity index (χ4v) is 7.16. The topological polar surface area (TPSA) is 125 Å². The summed E-state index contributed by atoms with van der Waals surface area (Å²) in [5.41, 5.74) is 1.35. The number of nitrogens with zero attached hydrogens (tertiary/aromatic N) is 5. The second-order valence-corrected chi connectivity index (χ2v) is 11.6. The van der Waals surface area contributed by atoms with Gasteiger partial charge in [-0.15, -0.1) is 6.42 Å². The number of rotatable bonds is 4. The van der Waals surface area contributed by atoms with E-state index < -0.39 is 16.1 Å². The van der Waals surface area contributed by atoms with Crippen LogP contribution < -0.4 is 5.32 Å². The number of thioether (sulfide) groups is 1. The van der Waals surface area contributed by atoms with Gasteiger partial charge in [-0.2, -0.15) is 14.7 Å². The van der Waals surface area contributed by atoms with E-state index in [-0.39, 0.29) is 43.2 Å². The van der Waals surface area contributed by atoms with Crippen LogP contribution in [0.2, 0.25) is 0 Å². The number of carbonyl (C=O) groups excluding carboxylic acids is 1. The van der Waals surface area contributed by atoms with Crippen molar-refractivity contribution in [2.24, 2.45) is 5.10 Å². The number of aromatic nitrogens is 1. The number of fused-ring (bicyclic) bond motifs is 2. The van der Waals surface area contributed by atoms with Crippen molar-refractivity contribution in [3.05, 3.63) is 29.8 Å². The Morgan fingerprint density at radius 3 is 2.94 bits per heavy atom. The van der Waals surface area contributed by atoms with Crippen LogP contribution in [0.3, 0.4) is 0 Å². The Morgan fingerprint density at radius 1 is 1.29 bits per heavy atom.